The molecule has 1 aromatic carbocycles. The molecular formula is C21H28FN3O4S. The fourth-order valence-electron chi connectivity index (χ4n) is 3.60. The van der Waals surface area contributed by atoms with Gasteiger partial charge >= 0.3 is 0 Å². The fraction of sp³-hybridized carbons (Fsp3) is 0.524. The minimum atomic E-state index is -3.65. The second kappa shape index (κ2) is 9.91. The number of methoxy groups -OCH3 is 1. The molecule has 0 bridgehead atoms. The SMILES string of the molecule is COCCOCc1cnc(C)nc1C1CCN(S(=O)(=O)c2ccc(F)c(C)c2)CC1. The first kappa shape index (κ1) is 22.7. The highest BCUT2D eigenvalue weighted by atomic mass is 32.2. The van der Waals surface area contributed by atoms with Crippen LogP contribution < -0.4 is 0 Å². The zero-order valence-corrected chi connectivity index (χ0v) is 18.4. The Balaban J connectivity index is 1.70. The van der Waals surface area contributed by atoms with Crippen LogP contribution in [0.3, 0.4) is 0 Å². The van der Waals surface area contributed by atoms with E-state index in [2.05, 4.69) is 9.97 Å². The summed E-state index contributed by atoms with van der Waals surface area (Å²) < 4.78 is 51.6. The van der Waals surface area contributed by atoms with Crippen LogP contribution >= 0.6 is 0 Å². The molecule has 3 rings (SSSR count). The van der Waals surface area contributed by atoms with Gasteiger partial charge in [0, 0.05) is 37.9 Å². The van der Waals surface area contributed by atoms with Gasteiger partial charge in [-0.15, -0.1) is 0 Å². The van der Waals surface area contributed by atoms with Crippen molar-refractivity contribution in [3.8, 4) is 0 Å². The van der Waals surface area contributed by atoms with E-state index < -0.39 is 15.8 Å². The molecule has 0 radical (unpaired) electrons. The fourth-order valence-corrected chi connectivity index (χ4v) is 5.15. The largest absolute Gasteiger partial charge is 0.382 e. The molecule has 0 aliphatic carbocycles. The highest BCUT2D eigenvalue weighted by Crippen LogP contribution is 2.32. The van der Waals surface area contributed by atoms with Crippen molar-refractivity contribution < 1.29 is 22.3 Å². The topological polar surface area (TPSA) is 81.6 Å². The molecule has 30 heavy (non-hydrogen) atoms. The summed E-state index contributed by atoms with van der Waals surface area (Å²) in [5, 5.41) is 0. The molecule has 0 N–H and O–H groups in total. The maximum atomic E-state index is 13.5. The Labute approximate surface area is 177 Å². The Morgan fingerprint density at radius 3 is 2.60 bits per heavy atom. The quantitative estimate of drug-likeness (QED) is 0.591. The first-order valence-electron chi connectivity index (χ1n) is 9.98. The van der Waals surface area contributed by atoms with E-state index in [9.17, 15) is 12.8 Å². The van der Waals surface area contributed by atoms with Crippen molar-refractivity contribution in [1.82, 2.24) is 14.3 Å². The third kappa shape index (κ3) is 5.21. The van der Waals surface area contributed by atoms with E-state index in [0.29, 0.717) is 57.1 Å². The molecule has 2 heterocycles. The summed E-state index contributed by atoms with van der Waals surface area (Å²) in [5.41, 5.74) is 2.17. The zero-order valence-electron chi connectivity index (χ0n) is 17.6. The third-order valence-electron chi connectivity index (χ3n) is 5.32. The van der Waals surface area contributed by atoms with Crippen molar-refractivity contribution in [2.45, 2.75) is 44.1 Å². The predicted molar refractivity (Wildman–Crippen MR) is 110 cm³/mol. The van der Waals surface area contributed by atoms with Crippen molar-refractivity contribution in [3.05, 3.63) is 52.9 Å². The molecule has 0 spiro atoms. The van der Waals surface area contributed by atoms with E-state index in [1.165, 1.54) is 22.5 Å². The number of halogens is 1. The Morgan fingerprint density at radius 1 is 1.20 bits per heavy atom. The normalized spacial score (nSPS) is 16.1. The summed E-state index contributed by atoms with van der Waals surface area (Å²) in [7, 11) is -2.03. The molecule has 1 aliphatic heterocycles. The standard InChI is InChI=1S/C21H28FN3O4S/c1-15-12-19(4-5-20(15)22)30(26,27)25-8-6-17(7-9-25)21-18(13-23-16(2)24-21)14-29-11-10-28-3/h4-5,12-13,17H,6-11,14H2,1-3H3. The molecule has 2 aromatic rings. The van der Waals surface area contributed by atoms with Crippen LogP contribution in [0.25, 0.3) is 0 Å². The third-order valence-corrected chi connectivity index (χ3v) is 7.21. The summed E-state index contributed by atoms with van der Waals surface area (Å²) in [6.45, 7) is 5.57. The van der Waals surface area contributed by atoms with Crippen LogP contribution in [0.4, 0.5) is 4.39 Å². The van der Waals surface area contributed by atoms with E-state index >= 15 is 0 Å². The highest BCUT2D eigenvalue weighted by Gasteiger charge is 2.31. The predicted octanol–water partition coefficient (Wildman–Crippen LogP) is 2.96. The number of hydrogen-bond acceptors (Lipinski definition) is 6. The average molecular weight is 438 g/mol. The smallest absolute Gasteiger partial charge is 0.243 e. The van der Waals surface area contributed by atoms with Crippen LogP contribution in [0.1, 0.15) is 41.4 Å². The van der Waals surface area contributed by atoms with Gasteiger partial charge < -0.3 is 9.47 Å². The number of piperidine rings is 1. The van der Waals surface area contributed by atoms with Crippen molar-refractivity contribution in [2.24, 2.45) is 0 Å². The van der Waals surface area contributed by atoms with E-state index in [-0.39, 0.29) is 10.8 Å². The van der Waals surface area contributed by atoms with Crippen LogP contribution in [-0.2, 0) is 26.1 Å². The van der Waals surface area contributed by atoms with Crippen molar-refractivity contribution in [3.63, 3.8) is 0 Å². The van der Waals surface area contributed by atoms with Gasteiger partial charge in [-0.1, -0.05) is 0 Å². The second-order valence-electron chi connectivity index (χ2n) is 7.46. The van der Waals surface area contributed by atoms with Crippen molar-refractivity contribution in [2.75, 3.05) is 33.4 Å². The van der Waals surface area contributed by atoms with Gasteiger partial charge in [0.05, 0.1) is 30.4 Å². The van der Waals surface area contributed by atoms with Crippen LogP contribution in [-0.4, -0.2) is 56.1 Å². The number of hydrogen-bond donors (Lipinski definition) is 0. The molecule has 0 saturated carbocycles. The molecule has 164 valence electrons. The van der Waals surface area contributed by atoms with Crippen LogP contribution in [0.5, 0.6) is 0 Å². The maximum Gasteiger partial charge on any atom is 0.243 e. The summed E-state index contributed by atoms with van der Waals surface area (Å²) in [6.07, 6.45) is 3.09. The molecule has 0 unspecified atom stereocenters. The molecular weight excluding hydrogens is 409 g/mol. The lowest BCUT2D eigenvalue weighted by Crippen LogP contribution is -2.38. The van der Waals surface area contributed by atoms with Gasteiger partial charge in [0.1, 0.15) is 11.6 Å². The number of sulfonamides is 1. The second-order valence-corrected chi connectivity index (χ2v) is 9.40. The summed E-state index contributed by atoms with van der Waals surface area (Å²) in [6, 6.07) is 3.92. The summed E-state index contributed by atoms with van der Waals surface area (Å²) in [4.78, 5) is 9.04. The molecule has 1 saturated heterocycles. The molecule has 1 aromatic heterocycles. The molecule has 1 fully saturated rings. The van der Waals surface area contributed by atoms with Gasteiger partial charge in [-0.05, 0) is 50.5 Å². The van der Waals surface area contributed by atoms with Crippen molar-refractivity contribution >= 4 is 10.0 Å². The number of aromatic nitrogens is 2. The van der Waals surface area contributed by atoms with Gasteiger partial charge in [-0.25, -0.2) is 22.8 Å². The van der Waals surface area contributed by atoms with Crippen LogP contribution in [0.2, 0.25) is 0 Å². The van der Waals surface area contributed by atoms with E-state index in [0.717, 1.165) is 11.3 Å². The number of benzene rings is 1. The molecule has 0 amide bonds. The first-order chi connectivity index (χ1) is 14.3. The Bertz CT molecular complexity index is 976. The van der Waals surface area contributed by atoms with E-state index in [4.69, 9.17) is 9.47 Å². The van der Waals surface area contributed by atoms with Crippen molar-refractivity contribution in [1.29, 1.82) is 0 Å². The van der Waals surface area contributed by atoms with Gasteiger partial charge in [-0.2, -0.15) is 4.31 Å². The number of nitrogens with zero attached hydrogens (tertiary/aromatic N) is 3. The van der Waals surface area contributed by atoms with Gasteiger partial charge in [0.15, 0.2) is 0 Å². The Kier molecular flexibility index (Phi) is 7.51. The number of ether oxygens (including phenoxy) is 2. The van der Waals surface area contributed by atoms with Gasteiger partial charge in [0.25, 0.3) is 0 Å². The van der Waals surface area contributed by atoms with Crippen LogP contribution in [0, 0.1) is 19.7 Å². The van der Waals surface area contributed by atoms with Gasteiger partial charge in [0.2, 0.25) is 10.0 Å². The monoisotopic (exact) mass is 437 g/mol. The summed E-state index contributed by atoms with van der Waals surface area (Å²) in [5.74, 6) is 0.406. The highest BCUT2D eigenvalue weighted by molar-refractivity contribution is 7.89. The molecule has 7 nitrogen and oxygen atoms in total. The average Bonchev–Trinajstić information content (AvgIpc) is 2.74. The molecule has 0 atom stereocenters. The Morgan fingerprint density at radius 2 is 1.93 bits per heavy atom. The number of rotatable bonds is 8. The van der Waals surface area contributed by atoms with Gasteiger partial charge in [-0.3, -0.25) is 0 Å². The van der Waals surface area contributed by atoms with E-state index in [1.54, 1.807) is 20.2 Å². The van der Waals surface area contributed by atoms with Crippen LogP contribution in [0.15, 0.2) is 29.3 Å². The molecule has 1 aliphatic rings. The zero-order chi connectivity index (χ0) is 21.7. The first-order valence-corrected chi connectivity index (χ1v) is 11.4. The lowest BCUT2D eigenvalue weighted by molar-refractivity contribution is 0.0608. The number of aryl methyl sites for hydroxylation is 2. The Hall–Kier alpha value is -1.94. The lowest BCUT2D eigenvalue weighted by atomic mass is 9.92. The molecule has 9 heteroatoms. The minimum absolute atomic E-state index is 0.130. The lowest BCUT2D eigenvalue weighted by Gasteiger charge is -2.31. The minimum Gasteiger partial charge on any atom is -0.382 e. The summed E-state index contributed by atoms with van der Waals surface area (Å²) >= 11 is 0. The maximum absolute atomic E-state index is 13.5. The van der Waals surface area contributed by atoms with E-state index in [1.807, 2.05) is 6.92 Å².